The van der Waals surface area contributed by atoms with Gasteiger partial charge in [0.15, 0.2) is 0 Å². The second kappa shape index (κ2) is 12.9. The summed E-state index contributed by atoms with van der Waals surface area (Å²) in [6.07, 6.45) is 3.85. The summed E-state index contributed by atoms with van der Waals surface area (Å²) >= 11 is 0. The fourth-order valence-corrected chi connectivity index (χ4v) is 4.51. The maximum atomic E-state index is 15.1. The second-order valence-corrected chi connectivity index (χ2v) is 9.83. The first-order valence-corrected chi connectivity index (χ1v) is 12.7. The fourth-order valence-electron chi connectivity index (χ4n) is 4.51. The van der Waals surface area contributed by atoms with Gasteiger partial charge in [0.1, 0.15) is 11.6 Å². The summed E-state index contributed by atoms with van der Waals surface area (Å²) in [4.78, 5) is 16.4. The molecule has 35 heavy (non-hydrogen) atoms. The van der Waals surface area contributed by atoms with E-state index in [-0.39, 0.29) is 31.8 Å². The Kier molecular flexibility index (Phi) is 9.93. The van der Waals surface area contributed by atoms with Gasteiger partial charge in [0.2, 0.25) is 0 Å². The Morgan fingerprint density at radius 1 is 1.29 bits per heavy atom. The molecule has 1 aliphatic rings. The number of amides is 1. The number of aliphatic hydroxyl groups is 1. The molecular formula is C28H42FN3O3. The van der Waals surface area contributed by atoms with Gasteiger partial charge in [0, 0.05) is 44.9 Å². The first-order valence-electron chi connectivity index (χ1n) is 12.7. The van der Waals surface area contributed by atoms with Crippen LogP contribution in [0.2, 0.25) is 0 Å². The summed E-state index contributed by atoms with van der Waals surface area (Å²) in [5, 5.41) is 13.2. The zero-order valence-electron chi connectivity index (χ0n) is 21.5. The number of rotatable bonds is 12. The van der Waals surface area contributed by atoms with Gasteiger partial charge in [0.05, 0.1) is 18.9 Å². The quantitative estimate of drug-likeness (QED) is 0.408. The van der Waals surface area contributed by atoms with Crippen molar-refractivity contribution in [3.8, 4) is 5.75 Å². The molecule has 7 heteroatoms. The zero-order valence-corrected chi connectivity index (χ0v) is 21.5. The average Bonchev–Trinajstić information content (AvgIpc) is 3.31. The Morgan fingerprint density at radius 3 is 2.66 bits per heavy atom. The van der Waals surface area contributed by atoms with Crippen molar-refractivity contribution in [2.75, 3.05) is 43.2 Å². The first kappa shape index (κ1) is 27.0. The van der Waals surface area contributed by atoms with Gasteiger partial charge in [-0.1, -0.05) is 27.2 Å². The van der Waals surface area contributed by atoms with Gasteiger partial charge in [-0.05, 0) is 67.6 Å². The molecule has 3 rings (SSSR count). The van der Waals surface area contributed by atoms with Crippen molar-refractivity contribution in [1.82, 2.24) is 5.32 Å². The minimum atomic E-state index is -0.344. The van der Waals surface area contributed by atoms with Crippen LogP contribution in [0.25, 0.3) is 0 Å². The van der Waals surface area contributed by atoms with Crippen molar-refractivity contribution in [3.63, 3.8) is 0 Å². The van der Waals surface area contributed by atoms with Crippen LogP contribution in [-0.2, 0) is 0 Å². The molecule has 194 valence electrons. The van der Waals surface area contributed by atoms with Crippen LogP contribution in [0.1, 0.15) is 58.2 Å². The van der Waals surface area contributed by atoms with Crippen molar-refractivity contribution in [2.45, 2.75) is 58.5 Å². The number of hydrogen-bond donors (Lipinski definition) is 2. The number of carbonyl (C=O) groups excluding carboxylic acids is 1. The SMILES string of the molecule is CCCCOc1ccc(C(=O)N(C)c2ccc(N3CCC(NC(CO)CC(C)C)C3)c(F)c2)cc1.[HH]. The summed E-state index contributed by atoms with van der Waals surface area (Å²) in [7, 11) is 1.65. The number of nitrogens with zero attached hydrogens (tertiary/aromatic N) is 2. The Balaban J connectivity index is 0.00000456. The molecule has 1 saturated heterocycles. The van der Waals surface area contributed by atoms with Gasteiger partial charge in [-0.3, -0.25) is 4.79 Å². The number of anilines is 2. The molecule has 2 N–H and O–H groups in total. The Labute approximate surface area is 210 Å². The topological polar surface area (TPSA) is 65.0 Å². The summed E-state index contributed by atoms with van der Waals surface area (Å²) in [6.45, 7) is 8.58. The molecule has 0 radical (unpaired) electrons. The van der Waals surface area contributed by atoms with Gasteiger partial charge in [-0.2, -0.15) is 0 Å². The van der Waals surface area contributed by atoms with E-state index < -0.39 is 0 Å². The van der Waals surface area contributed by atoms with Crippen LogP contribution in [0.4, 0.5) is 15.8 Å². The van der Waals surface area contributed by atoms with Crippen molar-refractivity contribution in [2.24, 2.45) is 5.92 Å². The molecule has 0 spiro atoms. The Bertz CT molecular complexity index is 958. The van der Waals surface area contributed by atoms with Crippen LogP contribution in [0.15, 0.2) is 42.5 Å². The highest BCUT2D eigenvalue weighted by Crippen LogP contribution is 2.28. The molecule has 1 amide bonds. The van der Waals surface area contributed by atoms with Crippen LogP contribution in [0.3, 0.4) is 0 Å². The molecule has 2 aromatic carbocycles. The second-order valence-electron chi connectivity index (χ2n) is 9.83. The maximum Gasteiger partial charge on any atom is 0.258 e. The van der Waals surface area contributed by atoms with Gasteiger partial charge in [0.25, 0.3) is 5.91 Å². The lowest BCUT2D eigenvalue weighted by molar-refractivity contribution is 0.0993. The maximum absolute atomic E-state index is 15.1. The van der Waals surface area contributed by atoms with E-state index in [0.29, 0.717) is 36.0 Å². The molecule has 1 fully saturated rings. The monoisotopic (exact) mass is 487 g/mol. The third-order valence-electron chi connectivity index (χ3n) is 6.47. The molecule has 1 heterocycles. The van der Waals surface area contributed by atoms with Crippen LogP contribution in [-0.4, -0.2) is 56.4 Å². The molecule has 1 aliphatic heterocycles. The van der Waals surface area contributed by atoms with Crippen molar-refractivity contribution in [3.05, 3.63) is 53.8 Å². The minimum absolute atomic E-state index is 0. The van der Waals surface area contributed by atoms with E-state index in [1.54, 1.807) is 43.4 Å². The number of nitrogens with one attached hydrogen (secondary N) is 1. The lowest BCUT2D eigenvalue weighted by atomic mass is 10.0. The van der Waals surface area contributed by atoms with Crippen LogP contribution >= 0.6 is 0 Å². The molecule has 6 nitrogen and oxygen atoms in total. The van der Waals surface area contributed by atoms with E-state index in [1.807, 2.05) is 4.90 Å². The highest BCUT2D eigenvalue weighted by Gasteiger charge is 2.27. The number of ether oxygens (including phenoxy) is 1. The van der Waals surface area contributed by atoms with Crippen molar-refractivity contribution >= 4 is 17.3 Å². The normalized spacial score (nSPS) is 16.5. The lowest BCUT2D eigenvalue weighted by Crippen LogP contribution is -2.42. The van der Waals surface area contributed by atoms with E-state index in [0.717, 1.165) is 38.0 Å². The predicted octanol–water partition coefficient (Wildman–Crippen LogP) is 5.10. The Hall–Kier alpha value is -2.64. The molecule has 2 aromatic rings. The predicted molar refractivity (Wildman–Crippen MR) is 142 cm³/mol. The lowest BCUT2D eigenvalue weighted by Gasteiger charge is -2.25. The third-order valence-corrected chi connectivity index (χ3v) is 6.47. The average molecular weight is 488 g/mol. The highest BCUT2D eigenvalue weighted by atomic mass is 19.1. The highest BCUT2D eigenvalue weighted by molar-refractivity contribution is 6.05. The van der Waals surface area contributed by atoms with E-state index in [4.69, 9.17) is 4.74 Å². The zero-order chi connectivity index (χ0) is 25.4. The number of carbonyl (C=O) groups is 1. The molecular weight excluding hydrogens is 445 g/mol. The van der Waals surface area contributed by atoms with Crippen LogP contribution < -0.4 is 19.9 Å². The van der Waals surface area contributed by atoms with Crippen LogP contribution in [0, 0.1) is 11.7 Å². The summed E-state index contributed by atoms with van der Waals surface area (Å²) in [5.41, 5.74) is 1.57. The van der Waals surface area contributed by atoms with E-state index in [2.05, 4.69) is 26.1 Å². The molecule has 2 unspecified atom stereocenters. The largest absolute Gasteiger partial charge is 0.494 e. The molecule has 0 aromatic heterocycles. The van der Waals surface area contributed by atoms with Crippen molar-refractivity contribution < 1.29 is 20.5 Å². The summed E-state index contributed by atoms with van der Waals surface area (Å²) < 4.78 is 20.8. The Morgan fingerprint density at radius 2 is 2.03 bits per heavy atom. The number of unbranched alkanes of at least 4 members (excludes halogenated alkanes) is 1. The minimum Gasteiger partial charge on any atom is -0.494 e. The summed E-state index contributed by atoms with van der Waals surface area (Å²) in [5.74, 6) is 0.686. The first-order chi connectivity index (χ1) is 16.8. The van der Waals surface area contributed by atoms with Crippen LogP contribution in [0.5, 0.6) is 5.75 Å². The van der Waals surface area contributed by atoms with E-state index in [9.17, 15) is 9.90 Å². The third kappa shape index (κ3) is 7.42. The van der Waals surface area contributed by atoms with E-state index >= 15 is 4.39 Å². The smallest absolute Gasteiger partial charge is 0.258 e. The fraction of sp³-hybridized carbons (Fsp3) is 0.536. The number of benzene rings is 2. The van der Waals surface area contributed by atoms with Gasteiger partial charge < -0.3 is 25.0 Å². The van der Waals surface area contributed by atoms with Gasteiger partial charge in [-0.15, -0.1) is 0 Å². The van der Waals surface area contributed by atoms with Gasteiger partial charge in [-0.25, -0.2) is 4.39 Å². The summed E-state index contributed by atoms with van der Waals surface area (Å²) in [6, 6.07) is 12.3. The van der Waals surface area contributed by atoms with Crippen molar-refractivity contribution in [1.29, 1.82) is 0 Å². The number of hydrogen-bond acceptors (Lipinski definition) is 5. The standard InChI is InChI=1S/C28H40FN3O3.H2/c1-5-6-15-35-25-10-7-21(8-11-25)28(34)31(4)24-9-12-27(26(29)17-24)32-14-13-22(18-32)30-23(19-33)16-20(2)3;/h7-12,17,20,22-23,30,33H,5-6,13-16,18-19H2,1-4H3;1H. The number of halogens is 1. The molecule has 0 saturated carbocycles. The molecule has 2 atom stereocenters. The molecule has 0 aliphatic carbocycles. The van der Waals surface area contributed by atoms with Gasteiger partial charge >= 0.3 is 0 Å². The number of aliphatic hydroxyl groups excluding tert-OH is 1. The van der Waals surface area contributed by atoms with E-state index in [1.165, 1.54) is 11.0 Å². The molecule has 0 bridgehead atoms.